The van der Waals surface area contributed by atoms with E-state index < -0.39 is 52.4 Å². The molecule has 0 atom stereocenters. The highest BCUT2D eigenvalue weighted by Gasteiger charge is 2.36. The number of para-hydroxylation sites is 2. The molecule has 0 aliphatic heterocycles. The smallest absolute Gasteiger partial charge is 0.366 e. The van der Waals surface area contributed by atoms with E-state index in [0.29, 0.717) is 14.9 Å². The van der Waals surface area contributed by atoms with Crippen LogP contribution in [0.5, 0.6) is 0 Å². The highest BCUT2D eigenvalue weighted by atomic mass is 35.5. The molecule has 2 aromatic heterocycles. The highest BCUT2D eigenvalue weighted by Crippen LogP contribution is 2.35. The summed E-state index contributed by atoms with van der Waals surface area (Å²) in [5.74, 6) is -3.18. The quantitative estimate of drug-likeness (QED) is 0.231. The topological polar surface area (TPSA) is 117 Å². The largest absolute Gasteiger partial charge is 0.418 e. The van der Waals surface area contributed by atoms with Crippen LogP contribution in [0.3, 0.4) is 0 Å². The molecule has 0 fully saturated rings. The van der Waals surface area contributed by atoms with Crippen molar-refractivity contribution < 1.29 is 39.9 Å². The lowest BCUT2D eigenvalue weighted by atomic mass is 10.1. The molecule has 43 heavy (non-hydrogen) atoms. The lowest BCUT2D eigenvalue weighted by molar-refractivity contribution is -0.138. The Hall–Kier alpha value is -5.06. The number of benzene rings is 3. The molecule has 1 amide bonds. The van der Waals surface area contributed by atoms with Crippen LogP contribution in [0.4, 0.5) is 47.0 Å². The summed E-state index contributed by atoms with van der Waals surface area (Å²) in [6.07, 6.45) is -7.63. The first-order valence-electron chi connectivity index (χ1n) is 11.4. The maximum absolute atomic E-state index is 13.9. The Balaban J connectivity index is 0.000000247. The molecule has 0 unspecified atom stereocenters. The third-order valence-electron chi connectivity index (χ3n) is 5.31. The first-order chi connectivity index (χ1) is 19.8. The standard InChI is InChI=1S/C16H10F4N4O.C9H6F4N4.ClH/c17-12-8-4-7-11(16(18,19)20)13(12)24-9-21-15(23-24)22-14(25)10-5-2-1-3-6-10;10-6-3-1-2-5(9(11,12)13)7(6)17-4-15-8(14)16-17;/h1-9H,(H,22,23,25);1-4H,(H2,14,16);1H. The Kier molecular flexibility index (Phi) is 9.70. The Bertz CT molecular complexity index is 1700. The van der Waals surface area contributed by atoms with Gasteiger partial charge in [-0.1, -0.05) is 30.3 Å². The predicted octanol–water partition coefficient (Wildman–Crippen LogP) is 6.11. The van der Waals surface area contributed by atoms with Crippen molar-refractivity contribution in [1.82, 2.24) is 29.5 Å². The Labute approximate surface area is 242 Å². The van der Waals surface area contributed by atoms with Crippen LogP contribution in [-0.2, 0) is 12.4 Å². The molecular weight excluding hydrogens is 616 g/mol. The number of rotatable bonds is 4. The van der Waals surface area contributed by atoms with Crippen LogP contribution in [0.25, 0.3) is 11.4 Å². The molecule has 0 aliphatic rings. The minimum atomic E-state index is -4.77. The molecule has 3 N–H and O–H groups in total. The van der Waals surface area contributed by atoms with E-state index in [9.17, 15) is 39.9 Å². The van der Waals surface area contributed by atoms with Crippen molar-refractivity contribution in [2.45, 2.75) is 12.4 Å². The zero-order chi connectivity index (χ0) is 30.7. The second kappa shape index (κ2) is 12.8. The summed E-state index contributed by atoms with van der Waals surface area (Å²) in [4.78, 5) is 19.2. The zero-order valence-corrected chi connectivity index (χ0v) is 21.9. The number of carbonyl (C=O) groups excluding carboxylic acids is 1. The van der Waals surface area contributed by atoms with Crippen LogP contribution in [0, 0.1) is 11.6 Å². The van der Waals surface area contributed by atoms with Crippen LogP contribution >= 0.6 is 12.4 Å². The molecule has 226 valence electrons. The molecule has 0 aliphatic carbocycles. The van der Waals surface area contributed by atoms with Gasteiger partial charge in [-0.25, -0.2) is 23.1 Å². The van der Waals surface area contributed by atoms with E-state index in [1.807, 2.05) is 0 Å². The minimum Gasteiger partial charge on any atom is -0.366 e. The fourth-order valence-corrected chi connectivity index (χ4v) is 3.53. The van der Waals surface area contributed by atoms with Gasteiger partial charge in [-0.2, -0.15) is 31.3 Å². The Morgan fingerprint density at radius 3 is 1.65 bits per heavy atom. The summed E-state index contributed by atoms with van der Waals surface area (Å²) in [6.45, 7) is 0. The molecule has 0 spiro atoms. The maximum Gasteiger partial charge on any atom is 0.418 e. The lowest BCUT2D eigenvalue weighted by Gasteiger charge is -2.12. The van der Waals surface area contributed by atoms with E-state index in [-0.39, 0.29) is 24.3 Å². The van der Waals surface area contributed by atoms with Crippen LogP contribution < -0.4 is 11.1 Å². The van der Waals surface area contributed by atoms with Gasteiger partial charge in [0.05, 0.1) is 11.1 Å². The van der Waals surface area contributed by atoms with E-state index in [2.05, 4.69) is 25.5 Å². The average Bonchev–Trinajstić information content (AvgIpc) is 3.57. The number of amides is 1. The third-order valence-corrected chi connectivity index (χ3v) is 5.31. The molecular formula is C25H17ClF8N8O. The highest BCUT2D eigenvalue weighted by molar-refractivity contribution is 6.03. The first kappa shape index (κ1) is 32.5. The number of alkyl halides is 6. The van der Waals surface area contributed by atoms with Crippen molar-refractivity contribution >= 4 is 30.2 Å². The lowest BCUT2D eigenvalue weighted by Crippen LogP contribution is -2.15. The van der Waals surface area contributed by atoms with Gasteiger partial charge in [0.1, 0.15) is 35.7 Å². The van der Waals surface area contributed by atoms with Crippen molar-refractivity contribution in [3.05, 3.63) is 108 Å². The van der Waals surface area contributed by atoms with Gasteiger partial charge in [-0.15, -0.1) is 22.6 Å². The number of carbonyl (C=O) groups is 1. The van der Waals surface area contributed by atoms with Crippen molar-refractivity contribution in [2.24, 2.45) is 0 Å². The summed E-state index contributed by atoms with van der Waals surface area (Å²) in [5.41, 5.74) is 1.66. The number of nitrogens with zero attached hydrogens (tertiary/aromatic N) is 6. The summed E-state index contributed by atoms with van der Waals surface area (Å²) in [5, 5.41) is 9.51. The van der Waals surface area contributed by atoms with Gasteiger partial charge in [0.15, 0.2) is 0 Å². The van der Waals surface area contributed by atoms with Crippen LogP contribution in [-0.4, -0.2) is 35.4 Å². The molecule has 0 radical (unpaired) electrons. The van der Waals surface area contributed by atoms with Crippen molar-refractivity contribution in [3.8, 4) is 11.4 Å². The second-order valence-electron chi connectivity index (χ2n) is 8.15. The van der Waals surface area contributed by atoms with Crippen molar-refractivity contribution in [2.75, 3.05) is 11.1 Å². The van der Waals surface area contributed by atoms with Gasteiger partial charge in [-0.3, -0.25) is 10.1 Å². The number of anilines is 2. The number of nitrogens with one attached hydrogen (secondary N) is 1. The van der Waals surface area contributed by atoms with E-state index in [4.69, 9.17) is 5.73 Å². The summed E-state index contributed by atoms with van der Waals surface area (Å²) >= 11 is 0. The number of halogens is 9. The fourth-order valence-electron chi connectivity index (χ4n) is 3.53. The van der Waals surface area contributed by atoms with Crippen LogP contribution in [0.15, 0.2) is 79.4 Å². The zero-order valence-electron chi connectivity index (χ0n) is 21.1. The van der Waals surface area contributed by atoms with E-state index >= 15 is 0 Å². The fraction of sp³-hybridized carbons (Fsp3) is 0.0800. The number of aromatic nitrogens is 6. The SMILES string of the molecule is Cl.Nc1ncn(-c2c(F)cccc2C(F)(F)F)n1.O=C(Nc1ncn(-c2c(F)cccc2C(F)(F)F)n1)c1ccccc1. The van der Waals surface area contributed by atoms with Gasteiger partial charge in [0.2, 0.25) is 11.9 Å². The van der Waals surface area contributed by atoms with Gasteiger partial charge in [0.25, 0.3) is 5.91 Å². The molecule has 0 saturated heterocycles. The first-order valence-corrected chi connectivity index (χ1v) is 11.4. The molecule has 2 heterocycles. The molecule has 9 nitrogen and oxygen atoms in total. The monoisotopic (exact) mass is 632 g/mol. The number of hydrogen-bond acceptors (Lipinski definition) is 6. The van der Waals surface area contributed by atoms with Gasteiger partial charge in [-0.05, 0) is 36.4 Å². The normalized spacial score (nSPS) is 11.3. The Morgan fingerprint density at radius 1 is 0.698 bits per heavy atom. The molecule has 18 heteroatoms. The van der Waals surface area contributed by atoms with E-state index in [1.54, 1.807) is 30.3 Å². The predicted molar refractivity (Wildman–Crippen MR) is 139 cm³/mol. The van der Waals surface area contributed by atoms with Gasteiger partial charge < -0.3 is 5.73 Å². The summed E-state index contributed by atoms with van der Waals surface area (Å²) < 4.78 is 106. The van der Waals surface area contributed by atoms with Gasteiger partial charge >= 0.3 is 12.4 Å². The molecule has 5 rings (SSSR count). The van der Waals surface area contributed by atoms with Crippen molar-refractivity contribution in [3.63, 3.8) is 0 Å². The van der Waals surface area contributed by atoms with Crippen LogP contribution in [0.2, 0.25) is 0 Å². The summed E-state index contributed by atoms with van der Waals surface area (Å²) in [6, 6.07) is 13.3. The average molecular weight is 633 g/mol. The Morgan fingerprint density at radius 2 is 1.19 bits per heavy atom. The number of hydrogen-bond donors (Lipinski definition) is 2. The second-order valence-corrected chi connectivity index (χ2v) is 8.15. The molecule has 0 saturated carbocycles. The molecule has 0 bridgehead atoms. The molecule has 3 aromatic carbocycles. The van der Waals surface area contributed by atoms with E-state index in [1.165, 1.54) is 0 Å². The summed E-state index contributed by atoms with van der Waals surface area (Å²) in [7, 11) is 0. The third kappa shape index (κ3) is 7.62. The minimum absolute atomic E-state index is 0. The number of nitrogens with two attached hydrogens (primary N) is 1. The van der Waals surface area contributed by atoms with Gasteiger partial charge in [0, 0.05) is 5.56 Å². The van der Waals surface area contributed by atoms with Crippen LogP contribution in [0.1, 0.15) is 21.5 Å². The van der Waals surface area contributed by atoms with Crippen molar-refractivity contribution in [1.29, 1.82) is 0 Å². The van der Waals surface area contributed by atoms with E-state index in [0.717, 1.165) is 49.1 Å². The molecule has 5 aromatic rings. The maximum atomic E-state index is 13.9. The number of nitrogen functional groups attached to an aromatic ring is 1.